The van der Waals surface area contributed by atoms with Gasteiger partial charge in [0.25, 0.3) is 0 Å². The van der Waals surface area contributed by atoms with Gasteiger partial charge in [-0.2, -0.15) is 0 Å². The van der Waals surface area contributed by atoms with Crippen molar-refractivity contribution in [2.24, 2.45) is 21.7 Å². The van der Waals surface area contributed by atoms with Crippen molar-refractivity contribution in [3.63, 3.8) is 0 Å². The highest BCUT2D eigenvalue weighted by Crippen LogP contribution is 1.65. The third-order valence-electron chi connectivity index (χ3n) is 0.461. The number of rotatable bonds is 1. The Morgan fingerprint density at radius 3 is 2.60 bits per heavy atom. The first kappa shape index (κ1) is 8.54. The zero-order valence-corrected chi connectivity index (χ0v) is 5.77. The Balaban J connectivity index is 3.94. The molecular weight excluding hydrogens is 152 g/mol. The number of hydrogen-bond acceptors (Lipinski definition) is 4. The first-order chi connectivity index (χ1) is 4.66. The molecule has 0 aliphatic carbocycles. The normalized spacial score (nSPS) is 9.80. The third kappa shape index (κ3) is 4.69. The molecule has 6 N–H and O–H groups in total. The van der Waals surface area contributed by atoms with Crippen LogP contribution in [0.2, 0.25) is 0 Å². The van der Waals surface area contributed by atoms with E-state index < -0.39 is 0 Å². The van der Waals surface area contributed by atoms with Crippen LogP contribution in [0.1, 0.15) is 0 Å². The van der Waals surface area contributed by atoms with E-state index in [0.29, 0.717) is 0 Å². The van der Waals surface area contributed by atoms with Crippen LogP contribution in [-0.2, 0) is 0 Å². The van der Waals surface area contributed by atoms with E-state index in [4.69, 9.17) is 16.9 Å². The molecule has 0 saturated carbocycles. The monoisotopic (exact) mass is 158 g/mol. The van der Waals surface area contributed by atoms with Crippen LogP contribution in [0.15, 0.2) is 10.2 Å². The zero-order valence-electron chi connectivity index (χ0n) is 4.96. The van der Waals surface area contributed by atoms with Crippen LogP contribution in [0.3, 0.4) is 0 Å². The molecule has 0 aromatic rings. The second kappa shape index (κ2) is 4.42. The zero-order chi connectivity index (χ0) is 7.98. The smallest absolute Gasteiger partial charge is 0.221 e. The molecule has 54 valence electrons. The van der Waals surface area contributed by atoms with Crippen molar-refractivity contribution < 1.29 is 0 Å². The van der Waals surface area contributed by atoms with Gasteiger partial charge in [0.15, 0.2) is 5.96 Å². The third-order valence-corrected chi connectivity index (χ3v) is 0.543. The van der Waals surface area contributed by atoms with Gasteiger partial charge in [-0.15, -0.1) is 5.10 Å². The molecule has 0 aromatic heterocycles. The molecule has 0 rings (SSSR count). The van der Waals surface area contributed by atoms with E-state index in [9.17, 15) is 0 Å². The second-order valence-corrected chi connectivity index (χ2v) is 1.40. The van der Waals surface area contributed by atoms with Gasteiger partial charge in [0.05, 0.1) is 5.16 Å². The lowest BCUT2D eigenvalue weighted by atomic mass is 10.9. The summed E-state index contributed by atoms with van der Waals surface area (Å²) in [6.07, 6.45) is 0. The second-order valence-electron chi connectivity index (χ2n) is 1.22. The molecule has 7 heteroatoms. The van der Waals surface area contributed by atoms with E-state index in [-0.39, 0.29) is 11.9 Å². The summed E-state index contributed by atoms with van der Waals surface area (Å²) in [5.74, 6) is -0.398. The van der Waals surface area contributed by atoms with E-state index >= 15 is 0 Å². The van der Waals surface area contributed by atoms with Crippen molar-refractivity contribution in [2.75, 3.05) is 0 Å². The first-order valence-corrected chi connectivity index (χ1v) is 2.59. The lowest BCUT2D eigenvalue weighted by Gasteiger charge is -1.97. The molecule has 0 unspecified atom stereocenters. The maximum Gasteiger partial charge on any atom is 0.221 e. The van der Waals surface area contributed by atoms with Crippen LogP contribution < -0.4 is 16.8 Å². The largest absolute Gasteiger partial charge is 0.370 e. The van der Waals surface area contributed by atoms with E-state index in [1.165, 1.54) is 0 Å². The fourth-order valence-electron chi connectivity index (χ4n) is 0.237. The number of nitrogens with two attached hydrogens (primary N) is 2. The molecule has 0 atom stereocenters. The summed E-state index contributed by atoms with van der Waals surface area (Å²) in [6.45, 7) is 0. The van der Waals surface area contributed by atoms with E-state index in [1.54, 1.807) is 0 Å². The number of nitrogens with one attached hydrogen (secondary N) is 2. The molecule has 0 heterocycles. The van der Waals surface area contributed by atoms with Gasteiger partial charge in [0.1, 0.15) is 0 Å². The standard InChI is InChI=1S/C3H6N6S/c4-2(5)8-3(6)9-7-1-10/h(H6,4,5,6,8,9). The van der Waals surface area contributed by atoms with Crippen LogP contribution in [0.5, 0.6) is 0 Å². The topological polar surface area (TPSA) is 113 Å². The van der Waals surface area contributed by atoms with Crippen molar-refractivity contribution >= 4 is 29.3 Å². The minimum atomic E-state index is -0.305. The minimum absolute atomic E-state index is 0.0927. The Morgan fingerprint density at radius 1 is 1.60 bits per heavy atom. The van der Waals surface area contributed by atoms with Gasteiger partial charge in [-0.1, -0.05) is 5.10 Å². The average molecular weight is 158 g/mol. The van der Waals surface area contributed by atoms with E-state index in [0.717, 1.165) is 0 Å². The van der Waals surface area contributed by atoms with Crippen LogP contribution in [0.4, 0.5) is 0 Å². The van der Waals surface area contributed by atoms with Crippen LogP contribution in [-0.4, -0.2) is 17.1 Å². The molecule has 0 bridgehead atoms. The number of nitrogens with zero attached hydrogens (tertiary/aromatic N) is 2. The minimum Gasteiger partial charge on any atom is -0.370 e. The Hall–Kier alpha value is -1.46. The van der Waals surface area contributed by atoms with Crippen LogP contribution in [0.25, 0.3) is 0 Å². The number of guanidine groups is 2. The number of thiocarbonyl (C=S) groups is 1. The Kier molecular flexibility index (Phi) is 3.78. The van der Waals surface area contributed by atoms with Gasteiger partial charge in [-0.25, -0.2) is 0 Å². The van der Waals surface area contributed by atoms with Gasteiger partial charge in [-0.05, 0) is 12.2 Å². The molecule has 0 fully saturated rings. The maximum absolute atomic E-state index is 6.68. The van der Waals surface area contributed by atoms with Gasteiger partial charge in [0.2, 0.25) is 5.96 Å². The van der Waals surface area contributed by atoms with Gasteiger partial charge in [-0.3, -0.25) is 10.7 Å². The molecule has 0 amide bonds. The number of hydrogen-bond donors (Lipinski definition) is 4. The molecule has 0 spiro atoms. The quantitative estimate of drug-likeness (QED) is 0.166. The molecule has 6 nitrogen and oxygen atoms in total. The number of isothiocyanates is 1. The first-order valence-electron chi connectivity index (χ1n) is 2.18. The average Bonchev–Trinajstić information content (AvgIpc) is 1.82. The van der Waals surface area contributed by atoms with E-state index in [1.807, 2.05) is 5.16 Å². The molecular formula is C3H6N6S. The van der Waals surface area contributed by atoms with Crippen molar-refractivity contribution in [3.8, 4) is 0 Å². The van der Waals surface area contributed by atoms with Crippen LogP contribution in [0, 0.1) is 5.41 Å². The van der Waals surface area contributed by atoms with Gasteiger partial charge < -0.3 is 11.5 Å². The molecule has 0 aliphatic rings. The summed E-state index contributed by atoms with van der Waals surface area (Å²) in [5.41, 5.74) is 9.99. The van der Waals surface area contributed by atoms with Crippen molar-refractivity contribution in [1.82, 2.24) is 5.32 Å². The molecule has 10 heavy (non-hydrogen) atoms. The lowest BCUT2D eigenvalue weighted by molar-refractivity contribution is 1.14. The van der Waals surface area contributed by atoms with Crippen LogP contribution >= 0.6 is 12.2 Å². The maximum atomic E-state index is 6.68. The predicted molar refractivity (Wildman–Crippen MR) is 41.7 cm³/mol. The molecule has 0 aliphatic heterocycles. The summed E-state index contributed by atoms with van der Waals surface area (Å²) < 4.78 is 0. The van der Waals surface area contributed by atoms with Crippen molar-refractivity contribution in [1.29, 1.82) is 5.41 Å². The predicted octanol–water partition coefficient (Wildman–Crippen LogP) is -1.20. The molecule has 0 saturated heterocycles. The SMILES string of the molecule is N=C(N)N/C(N)=N/N=C=S. The Morgan fingerprint density at radius 2 is 2.20 bits per heavy atom. The van der Waals surface area contributed by atoms with Gasteiger partial charge in [0, 0.05) is 0 Å². The highest BCUT2D eigenvalue weighted by molar-refractivity contribution is 7.78. The van der Waals surface area contributed by atoms with Crippen molar-refractivity contribution in [3.05, 3.63) is 0 Å². The summed E-state index contributed by atoms with van der Waals surface area (Å²) in [4.78, 5) is 0. The summed E-state index contributed by atoms with van der Waals surface area (Å²) in [5, 5.41) is 17.2. The Labute approximate surface area is 62.5 Å². The summed E-state index contributed by atoms with van der Waals surface area (Å²) in [6, 6.07) is 0. The van der Waals surface area contributed by atoms with Crippen molar-refractivity contribution in [2.45, 2.75) is 0 Å². The summed E-state index contributed by atoms with van der Waals surface area (Å²) in [7, 11) is 0. The fourth-order valence-corrected chi connectivity index (χ4v) is 0.278. The highest BCUT2D eigenvalue weighted by Gasteiger charge is 1.88. The lowest BCUT2D eigenvalue weighted by Crippen LogP contribution is -2.40. The summed E-state index contributed by atoms with van der Waals surface area (Å²) >= 11 is 4.19. The van der Waals surface area contributed by atoms with E-state index in [2.05, 4.69) is 27.7 Å². The van der Waals surface area contributed by atoms with Gasteiger partial charge >= 0.3 is 0 Å². The molecule has 0 aromatic carbocycles. The molecule has 0 radical (unpaired) electrons. The highest BCUT2D eigenvalue weighted by atomic mass is 32.1. The fraction of sp³-hybridized carbons (Fsp3) is 0. The Bertz CT molecular complexity index is 201.